The van der Waals surface area contributed by atoms with Crippen molar-refractivity contribution in [1.29, 1.82) is 0 Å². The van der Waals surface area contributed by atoms with Crippen LogP contribution in [0.25, 0.3) is 0 Å². The van der Waals surface area contributed by atoms with Crippen molar-refractivity contribution in [3.8, 4) is 0 Å². The molecule has 0 aromatic heterocycles. The predicted octanol–water partition coefficient (Wildman–Crippen LogP) is 1.26. The molecular weight excluding hydrogens is 338 g/mol. The fourth-order valence-corrected chi connectivity index (χ4v) is 2.00. The Labute approximate surface area is 149 Å². The van der Waals surface area contributed by atoms with Gasteiger partial charge < -0.3 is 10.1 Å². The minimum absolute atomic E-state index is 0.0555. The molecule has 0 aliphatic rings. The molecule has 2 rings (SSSR count). The van der Waals surface area contributed by atoms with Gasteiger partial charge in [0.05, 0.1) is 17.9 Å². The lowest BCUT2D eigenvalue weighted by molar-refractivity contribution is -0.152. The van der Waals surface area contributed by atoms with Crippen molar-refractivity contribution in [3.63, 3.8) is 0 Å². The van der Waals surface area contributed by atoms with E-state index >= 15 is 0 Å². The third kappa shape index (κ3) is 4.91. The van der Waals surface area contributed by atoms with Gasteiger partial charge in [-0.2, -0.15) is 0 Å². The summed E-state index contributed by atoms with van der Waals surface area (Å²) in [6, 6.07) is 14.4. The number of ether oxygens (including phenoxy) is 1. The van der Waals surface area contributed by atoms with Crippen molar-refractivity contribution < 1.29 is 23.9 Å². The lowest BCUT2D eigenvalue weighted by Crippen LogP contribution is -2.42. The highest BCUT2D eigenvalue weighted by atomic mass is 16.5. The molecule has 26 heavy (non-hydrogen) atoms. The molecule has 0 heterocycles. The lowest BCUT2D eigenvalue weighted by atomic mass is 10.1. The Morgan fingerprint density at radius 1 is 0.846 bits per heavy atom. The SMILES string of the molecule is CCOC(=O)C(=O)Nc1ccccc1C(=O)NNC(=O)c1ccccc1. The van der Waals surface area contributed by atoms with E-state index in [9.17, 15) is 19.2 Å². The summed E-state index contributed by atoms with van der Waals surface area (Å²) in [6.45, 7) is 1.63. The van der Waals surface area contributed by atoms with E-state index in [-0.39, 0.29) is 17.9 Å². The van der Waals surface area contributed by atoms with Crippen molar-refractivity contribution in [1.82, 2.24) is 10.9 Å². The van der Waals surface area contributed by atoms with E-state index < -0.39 is 23.7 Å². The molecule has 0 aliphatic heterocycles. The summed E-state index contributed by atoms with van der Waals surface area (Å²) in [4.78, 5) is 47.4. The molecule has 0 radical (unpaired) electrons. The summed E-state index contributed by atoms with van der Waals surface area (Å²) >= 11 is 0. The lowest BCUT2D eigenvalue weighted by Gasteiger charge is -2.11. The largest absolute Gasteiger partial charge is 0.459 e. The maximum absolute atomic E-state index is 12.3. The quantitative estimate of drug-likeness (QED) is 0.434. The van der Waals surface area contributed by atoms with E-state index in [1.54, 1.807) is 49.4 Å². The Kier molecular flexibility index (Phi) is 6.44. The van der Waals surface area contributed by atoms with Gasteiger partial charge in [0.1, 0.15) is 0 Å². The molecule has 0 saturated heterocycles. The maximum atomic E-state index is 12.3. The molecule has 0 fully saturated rings. The Balaban J connectivity index is 2.04. The molecule has 0 unspecified atom stereocenters. The van der Waals surface area contributed by atoms with Crippen molar-refractivity contribution in [2.75, 3.05) is 11.9 Å². The van der Waals surface area contributed by atoms with Gasteiger partial charge in [0.15, 0.2) is 0 Å². The second-order valence-corrected chi connectivity index (χ2v) is 4.99. The first kappa shape index (κ1) is 18.7. The fraction of sp³-hybridized carbons (Fsp3) is 0.111. The van der Waals surface area contributed by atoms with Gasteiger partial charge in [-0.1, -0.05) is 30.3 Å². The third-order valence-electron chi connectivity index (χ3n) is 3.21. The molecule has 3 N–H and O–H groups in total. The molecule has 0 spiro atoms. The Bertz CT molecular complexity index is 821. The Morgan fingerprint density at radius 3 is 2.15 bits per heavy atom. The first-order valence-electron chi connectivity index (χ1n) is 7.75. The molecule has 0 aliphatic carbocycles. The number of rotatable bonds is 4. The second kappa shape index (κ2) is 8.97. The van der Waals surface area contributed by atoms with Crippen molar-refractivity contribution in [2.24, 2.45) is 0 Å². The highest BCUT2D eigenvalue weighted by molar-refractivity contribution is 6.37. The van der Waals surface area contributed by atoms with Crippen LogP contribution >= 0.6 is 0 Å². The van der Waals surface area contributed by atoms with Gasteiger partial charge in [-0.15, -0.1) is 0 Å². The zero-order valence-electron chi connectivity index (χ0n) is 13.9. The van der Waals surface area contributed by atoms with Gasteiger partial charge in [0.25, 0.3) is 11.8 Å². The number of nitrogens with one attached hydrogen (secondary N) is 3. The number of amides is 3. The zero-order chi connectivity index (χ0) is 18.9. The van der Waals surface area contributed by atoms with Crippen LogP contribution in [0.4, 0.5) is 5.69 Å². The van der Waals surface area contributed by atoms with E-state index in [0.29, 0.717) is 5.56 Å². The highest BCUT2D eigenvalue weighted by Crippen LogP contribution is 2.14. The monoisotopic (exact) mass is 355 g/mol. The molecule has 8 nitrogen and oxygen atoms in total. The number of hydrogen-bond donors (Lipinski definition) is 3. The summed E-state index contributed by atoms with van der Waals surface area (Å²) in [7, 11) is 0. The average Bonchev–Trinajstić information content (AvgIpc) is 2.67. The van der Waals surface area contributed by atoms with Gasteiger partial charge >= 0.3 is 11.9 Å². The zero-order valence-corrected chi connectivity index (χ0v) is 13.9. The van der Waals surface area contributed by atoms with E-state index in [1.165, 1.54) is 12.1 Å². The summed E-state index contributed by atoms with van der Waals surface area (Å²) in [5.41, 5.74) is 5.09. The molecule has 8 heteroatoms. The molecule has 134 valence electrons. The first-order chi connectivity index (χ1) is 12.5. The number of hydrogen-bond acceptors (Lipinski definition) is 5. The van der Waals surface area contributed by atoms with Gasteiger partial charge in [0, 0.05) is 5.56 Å². The smallest absolute Gasteiger partial charge is 0.397 e. The van der Waals surface area contributed by atoms with Crippen LogP contribution in [0.3, 0.4) is 0 Å². The van der Waals surface area contributed by atoms with Crippen LogP contribution in [0.5, 0.6) is 0 Å². The van der Waals surface area contributed by atoms with Crippen LogP contribution in [0.15, 0.2) is 54.6 Å². The van der Waals surface area contributed by atoms with Gasteiger partial charge in [-0.25, -0.2) is 4.79 Å². The predicted molar refractivity (Wildman–Crippen MR) is 93.1 cm³/mol. The summed E-state index contributed by atoms with van der Waals surface area (Å²) in [6.07, 6.45) is 0. The highest BCUT2D eigenvalue weighted by Gasteiger charge is 2.19. The minimum Gasteiger partial charge on any atom is -0.459 e. The molecule has 2 aromatic carbocycles. The first-order valence-corrected chi connectivity index (χ1v) is 7.75. The van der Waals surface area contributed by atoms with Crippen LogP contribution < -0.4 is 16.2 Å². The summed E-state index contributed by atoms with van der Waals surface area (Å²) in [5, 5.41) is 2.31. The van der Waals surface area contributed by atoms with Gasteiger partial charge in [0.2, 0.25) is 0 Å². The van der Waals surface area contributed by atoms with Crippen LogP contribution in [0.2, 0.25) is 0 Å². The third-order valence-corrected chi connectivity index (χ3v) is 3.21. The number of carbonyl (C=O) groups is 4. The van der Waals surface area contributed by atoms with Gasteiger partial charge in [-0.3, -0.25) is 25.2 Å². The second-order valence-electron chi connectivity index (χ2n) is 4.99. The van der Waals surface area contributed by atoms with Crippen molar-refractivity contribution in [3.05, 3.63) is 65.7 Å². The van der Waals surface area contributed by atoms with Crippen LogP contribution in [0.1, 0.15) is 27.6 Å². The number of carbonyl (C=O) groups excluding carboxylic acids is 4. The standard InChI is InChI=1S/C18H17N3O5/c1-2-26-18(25)17(24)19-14-11-7-6-10-13(14)16(23)21-20-15(22)12-8-4-3-5-9-12/h3-11H,2H2,1H3,(H,19,24)(H,20,22)(H,21,23). The van der Waals surface area contributed by atoms with E-state index in [0.717, 1.165) is 0 Å². The van der Waals surface area contributed by atoms with Crippen LogP contribution in [0, 0.1) is 0 Å². The van der Waals surface area contributed by atoms with E-state index in [2.05, 4.69) is 20.9 Å². The van der Waals surface area contributed by atoms with Crippen LogP contribution in [-0.4, -0.2) is 30.3 Å². The number of esters is 1. The average molecular weight is 355 g/mol. The molecule has 0 atom stereocenters. The topological polar surface area (TPSA) is 114 Å². The molecule has 3 amide bonds. The molecule has 0 bridgehead atoms. The van der Waals surface area contributed by atoms with Crippen molar-refractivity contribution in [2.45, 2.75) is 6.92 Å². The Morgan fingerprint density at radius 2 is 1.46 bits per heavy atom. The normalized spacial score (nSPS) is 9.73. The molecule has 0 saturated carbocycles. The molecule has 2 aromatic rings. The van der Waals surface area contributed by atoms with E-state index in [1.807, 2.05) is 0 Å². The number of para-hydroxylation sites is 1. The Hall–Kier alpha value is -3.68. The van der Waals surface area contributed by atoms with E-state index in [4.69, 9.17) is 0 Å². The number of benzene rings is 2. The summed E-state index contributed by atoms with van der Waals surface area (Å²) < 4.78 is 4.60. The van der Waals surface area contributed by atoms with Crippen molar-refractivity contribution >= 4 is 29.4 Å². The maximum Gasteiger partial charge on any atom is 0.397 e. The number of anilines is 1. The van der Waals surface area contributed by atoms with Crippen LogP contribution in [-0.2, 0) is 14.3 Å². The minimum atomic E-state index is -1.06. The molecular formula is C18H17N3O5. The van der Waals surface area contributed by atoms with Gasteiger partial charge in [-0.05, 0) is 31.2 Å². The summed E-state index contributed by atoms with van der Waals surface area (Å²) in [5.74, 6) is -3.21. The number of hydrazine groups is 1. The fourth-order valence-electron chi connectivity index (χ4n) is 2.00.